The van der Waals surface area contributed by atoms with Crippen LogP contribution in [0.1, 0.15) is 0 Å². The summed E-state index contributed by atoms with van der Waals surface area (Å²) >= 11 is 0. The Morgan fingerprint density at radius 3 is 3.00 bits per heavy atom. The highest BCUT2D eigenvalue weighted by Gasteiger charge is 2.07. The summed E-state index contributed by atoms with van der Waals surface area (Å²) in [5.74, 6) is 0. The number of aromatic nitrogens is 4. The molecule has 1 N–H and O–H groups in total. The number of nitrogens with zero attached hydrogens (tertiary/aromatic N) is 4. The fourth-order valence-electron chi connectivity index (χ4n) is 1.51. The first-order chi connectivity index (χ1) is 6.86. The molecule has 3 aromatic rings. The molecule has 0 bridgehead atoms. The largest absolute Gasteiger partial charge is 0.409 e. The van der Waals surface area contributed by atoms with Crippen LogP contribution in [-0.2, 0) is 0 Å². The number of hydrogen-bond acceptors (Lipinski definition) is 4. The minimum atomic E-state index is 0.378. The van der Waals surface area contributed by atoms with Gasteiger partial charge in [0, 0.05) is 17.0 Å². The molecule has 0 saturated heterocycles. The van der Waals surface area contributed by atoms with E-state index in [1.807, 2.05) is 24.3 Å². The van der Waals surface area contributed by atoms with Crippen LogP contribution in [0.15, 0.2) is 30.5 Å². The summed E-state index contributed by atoms with van der Waals surface area (Å²) in [5.41, 5.74) is 0.995. The molecule has 0 saturated carbocycles. The topological polar surface area (TPSA) is 63.8 Å². The molecule has 14 heavy (non-hydrogen) atoms. The van der Waals surface area contributed by atoms with Gasteiger partial charge < -0.3 is 5.21 Å². The molecule has 0 radical (unpaired) electrons. The van der Waals surface area contributed by atoms with Crippen LogP contribution in [0.2, 0.25) is 0 Å². The average molecular weight is 186 g/mol. The van der Waals surface area contributed by atoms with Crippen LogP contribution in [-0.4, -0.2) is 25.3 Å². The van der Waals surface area contributed by atoms with E-state index >= 15 is 0 Å². The van der Waals surface area contributed by atoms with Crippen molar-refractivity contribution in [3.05, 3.63) is 30.5 Å². The predicted molar refractivity (Wildman–Crippen MR) is 50.0 cm³/mol. The lowest BCUT2D eigenvalue weighted by atomic mass is 10.1. The third kappa shape index (κ3) is 0.806. The summed E-state index contributed by atoms with van der Waals surface area (Å²) in [5, 5.41) is 18.5. The van der Waals surface area contributed by atoms with E-state index in [0.29, 0.717) is 16.0 Å². The molecule has 0 unspecified atom stereocenters. The van der Waals surface area contributed by atoms with Crippen molar-refractivity contribution < 1.29 is 5.21 Å². The molecule has 3 rings (SSSR count). The van der Waals surface area contributed by atoms with Gasteiger partial charge in [0.25, 0.3) is 0 Å². The standard InChI is InChI=1S/C9H6N4O/c14-13-9-8(11-12-13)7-4-2-1-3-6(7)5-10-9/h1-5,14H. The lowest BCUT2D eigenvalue weighted by molar-refractivity contribution is 0.153. The van der Waals surface area contributed by atoms with Crippen LogP contribution in [0, 0.1) is 0 Å². The minimum absolute atomic E-state index is 0.378. The van der Waals surface area contributed by atoms with Crippen molar-refractivity contribution in [1.82, 2.24) is 20.1 Å². The molecule has 2 aromatic heterocycles. The van der Waals surface area contributed by atoms with Crippen LogP contribution >= 0.6 is 0 Å². The maximum absolute atomic E-state index is 9.25. The zero-order chi connectivity index (χ0) is 9.54. The smallest absolute Gasteiger partial charge is 0.220 e. The van der Waals surface area contributed by atoms with Gasteiger partial charge in [0.15, 0.2) is 0 Å². The van der Waals surface area contributed by atoms with E-state index in [4.69, 9.17) is 0 Å². The van der Waals surface area contributed by atoms with Gasteiger partial charge in [0.2, 0.25) is 5.65 Å². The summed E-state index contributed by atoms with van der Waals surface area (Å²) < 4.78 is 0. The van der Waals surface area contributed by atoms with E-state index in [2.05, 4.69) is 15.3 Å². The normalized spacial score (nSPS) is 11.1. The molecule has 68 valence electrons. The number of fused-ring (bicyclic) bond motifs is 3. The van der Waals surface area contributed by atoms with Crippen LogP contribution in [0.5, 0.6) is 0 Å². The van der Waals surface area contributed by atoms with E-state index in [9.17, 15) is 5.21 Å². The van der Waals surface area contributed by atoms with Crippen molar-refractivity contribution in [2.45, 2.75) is 0 Å². The number of hydrogen-bond donors (Lipinski definition) is 1. The molecule has 0 aliphatic heterocycles. The molecule has 5 heteroatoms. The van der Waals surface area contributed by atoms with E-state index in [-0.39, 0.29) is 0 Å². The Morgan fingerprint density at radius 2 is 2.07 bits per heavy atom. The van der Waals surface area contributed by atoms with Crippen molar-refractivity contribution >= 4 is 21.9 Å². The summed E-state index contributed by atoms with van der Waals surface area (Å²) in [6, 6.07) is 7.71. The monoisotopic (exact) mass is 186 g/mol. The van der Waals surface area contributed by atoms with Gasteiger partial charge in [-0.25, -0.2) is 4.98 Å². The zero-order valence-corrected chi connectivity index (χ0v) is 7.12. The number of benzene rings is 1. The second kappa shape index (κ2) is 2.41. The van der Waals surface area contributed by atoms with Crippen LogP contribution in [0.3, 0.4) is 0 Å². The second-order valence-corrected chi connectivity index (χ2v) is 3.00. The summed E-state index contributed by atoms with van der Waals surface area (Å²) in [7, 11) is 0. The van der Waals surface area contributed by atoms with Crippen molar-refractivity contribution in [1.29, 1.82) is 0 Å². The minimum Gasteiger partial charge on any atom is -0.409 e. The van der Waals surface area contributed by atoms with Crippen molar-refractivity contribution in [2.75, 3.05) is 0 Å². The van der Waals surface area contributed by atoms with Crippen LogP contribution in [0.4, 0.5) is 0 Å². The van der Waals surface area contributed by atoms with E-state index < -0.39 is 0 Å². The lowest BCUT2D eigenvalue weighted by Crippen LogP contribution is -1.93. The maximum atomic E-state index is 9.25. The Balaban J connectivity index is 2.61. The first kappa shape index (κ1) is 7.25. The SMILES string of the molecule is On1nnc2c3ccccc3cnc21. The molecule has 5 nitrogen and oxygen atoms in total. The van der Waals surface area contributed by atoms with E-state index in [0.717, 1.165) is 10.8 Å². The highest BCUT2D eigenvalue weighted by Crippen LogP contribution is 2.19. The van der Waals surface area contributed by atoms with Crippen molar-refractivity contribution in [2.24, 2.45) is 0 Å². The fraction of sp³-hybridized carbons (Fsp3) is 0. The molecule has 0 aliphatic carbocycles. The first-order valence-electron chi connectivity index (χ1n) is 4.15. The molecule has 0 atom stereocenters. The van der Waals surface area contributed by atoms with Gasteiger partial charge in [-0.3, -0.25) is 0 Å². The third-order valence-corrected chi connectivity index (χ3v) is 2.17. The van der Waals surface area contributed by atoms with Gasteiger partial charge >= 0.3 is 0 Å². The number of pyridine rings is 1. The van der Waals surface area contributed by atoms with Gasteiger partial charge in [0.1, 0.15) is 5.52 Å². The van der Waals surface area contributed by atoms with Crippen LogP contribution in [0.25, 0.3) is 21.9 Å². The third-order valence-electron chi connectivity index (χ3n) is 2.17. The van der Waals surface area contributed by atoms with Gasteiger partial charge in [-0.15, -0.1) is 5.10 Å². The van der Waals surface area contributed by atoms with Crippen LogP contribution < -0.4 is 0 Å². The van der Waals surface area contributed by atoms with Crippen molar-refractivity contribution in [3.63, 3.8) is 0 Å². The van der Waals surface area contributed by atoms with Crippen molar-refractivity contribution in [3.8, 4) is 0 Å². The van der Waals surface area contributed by atoms with E-state index in [1.165, 1.54) is 0 Å². The quantitative estimate of drug-likeness (QED) is 0.536. The predicted octanol–water partition coefficient (Wildman–Crippen LogP) is 1.22. The fourth-order valence-corrected chi connectivity index (χ4v) is 1.51. The first-order valence-corrected chi connectivity index (χ1v) is 4.15. The highest BCUT2D eigenvalue weighted by molar-refractivity contribution is 6.01. The molecular formula is C9H6N4O. The van der Waals surface area contributed by atoms with Gasteiger partial charge in [-0.1, -0.05) is 29.1 Å². The van der Waals surface area contributed by atoms with Gasteiger partial charge in [-0.2, -0.15) is 0 Å². The molecular weight excluding hydrogens is 180 g/mol. The summed E-state index contributed by atoms with van der Waals surface area (Å²) in [6.07, 6.45) is 1.69. The van der Waals surface area contributed by atoms with Gasteiger partial charge in [0.05, 0.1) is 0 Å². The molecule has 2 heterocycles. The Labute approximate surface area is 78.6 Å². The lowest BCUT2D eigenvalue weighted by Gasteiger charge is -1.95. The number of rotatable bonds is 0. The molecule has 0 amide bonds. The Kier molecular flexibility index (Phi) is 1.25. The zero-order valence-electron chi connectivity index (χ0n) is 7.12. The van der Waals surface area contributed by atoms with Gasteiger partial charge in [-0.05, 0) is 5.21 Å². The Bertz CT molecular complexity index is 616. The summed E-state index contributed by atoms with van der Waals surface area (Å²) in [4.78, 5) is 4.74. The maximum Gasteiger partial charge on any atom is 0.220 e. The molecule has 0 fully saturated rings. The second-order valence-electron chi connectivity index (χ2n) is 3.00. The average Bonchev–Trinajstić information content (AvgIpc) is 2.61. The Hall–Kier alpha value is -2.17. The molecule has 0 aliphatic rings. The Morgan fingerprint density at radius 1 is 1.21 bits per heavy atom. The van der Waals surface area contributed by atoms with E-state index in [1.54, 1.807) is 6.20 Å². The molecule has 0 spiro atoms. The summed E-state index contributed by atoms with van der Waals surface area (Å²) in [6.45, 7) is 0. The highest BCUT2D eigenvalue weighted by atomic mass is 16.5. The molecule has 1 aromatic carbocycles.